The molecule has 9 heteroatoms. The van der Waals surface area contributed by atoms with E-state index in [2.05, 4.69) is 49.0 Å². The number of aliphatic hydroxyl groups is 2. The predicted octanol–water partition coefficient (Wildman–Crippen LogP) is 6.04. The van der Waals surface area contributed by atoms with E-state index in [1.807, 2.05) is 34.9 Å². The van der Waals surface area contributed by atoms with Crippen LogP contribution in [0.2, 0.25) is 0 Å². The van der Waals surface area contributed by atoms with Crippen molar-refractivity contribution in [1.29, 1.82) is 0 Å². The van der Waals surface area contributed by atoms with Crippen molar-refractivity contribution < 1.29 is 29.3 Å². The molecule has 0 amide bonds. The topological polar surface area (TPSA) is 121 Å². The minimum absolute atomic E-state index is 0.0352. The van der Waals surface area contributed by atoms with Crippen molar-refractivity contribution in [3.8, 4) is 0 Å². The van der Waals surface area contributed by atoms with E-state index in [1.165, 1.54) is 6.92 Å². The fourth-order valence-electron chi connectivity index (χ4n) is 10.8. The van der Waals surface area contributed by atoms with Gasteiger partial charge < -0.3 is 29.9 Å². The number of esters is 2. The largest absolute Gasteiger partial charge is 0.458 e. The summed E-state index contributed by atoms with van der Waals surface area (Å²) in [6, 6.07) is 0.210. The number of carbonyl (C=O) groups is 2. The summed E-state index contributed by atoms with van der Waals surface area (Å²) in [7, 11) is 4.04. The summed E-state index contributed by atoms with van der Waals surface area (Å²) in [6.07, 6.45) is 7.22. The average molecular weight is 672 g/mol. The number of fused-ring (bicyclic) bond motifs is 5. The lowest BCUT2D eigenvalue weighted by Gasteiger charge is -2.69. The minimum Gasteiger partial charge on any atom is -0.458 e. The summed E-state index contributed by atoms with van der Waals surface area (Å²) in [5, 5.41) is 26.2. The molecule has 4 aliphatic carbocycles. The smallest absolute Gasteiger partial charge is 0.341 e. The SMILES string of the molecule is CCNC(=NCCCN(C)C)OC(=O)/C(CCC=C(C)C)=C1/C2C[C@@H](O)C3[C@@]4(C)CC[C@@H](O)[C@@H](C)C4CC[C@]3(C)[C@@]2(C)C[C@@H]1OC(C)=O. The van der Waals surface area contributed by atoms with Crippen molar-refractivity contribution in [3.05, 3.63) is 22.8 Å². The number of allylic oxidation sites excluding steroid dienone is 2. The predicted molar refractivity (Wildman–Crippen MR) is 190 cm³/mol. The summed E-state index contributed by atoms with van der Waals surface area (Å²) in [5.74, 6) is -0.433. The molecule has 4 fully saturated rings. The zero-order chi connectivity index (χ0) is 35.6. The van der Waals surface area contributed by atoms with Crippen molar-refractivity contribution in [2.75, 3.05) is 33.7 Å². The van der Waals surface area contributed by atoms with Gasteiger partial charge in [-0.25, -0.2) is 9.79 Å². The van der Waals surface area contributed by atoms with E-state index in [-0.39, 0.29) is 52.1 Å². The van der Waals surface area contributed by atoms with Crippen molar-refractivity contribution in [1.82, 2.24) is 10.2 Å². The van der Waals surface area contributed by atoms with Crippen LogP contribution in [0.4, 0.5) is 0 Å². The summed E-state index contributed by atoms with van der Waals surface area (Å²) in [5.41, 5.74) is 1.82. The molecule has 0 bridgehead atoms. The minimum atomic E-state index is -0.583. The second kappa shape index (κ2) is 15.3. The van der Waals surface area contributed by atoms with Gasteiger partial charge >= 0.3 is 11.9 Å². The highest BCUT2D eigenvalue weighted by Crippen LogP contribution is 2.74. The Hall–Kier alpha value is -2.23. The van der Waals surface area contributed by atoms with Gasteiger partial charge in [0.2, 0.25) is 0 Å². The average Bonchev–Trinajstić information content (AvgIpc) is 3.26. The van der Waals surface area contributed by atoms with Gasteiger partial charge in [0.25, 0.3) is 6.02 Å². The maximum atomic E-state index is 14.3. The molecule has 272 valence electrons. The fraction of sp³-hybridized carbons (Fsp3) is 0.821. The van der Waals surface area contributed by atoms with E-state index >= 15 is 0 Å². The number of amidine groups is 1. The van der Waals surface area contributed by atoms with Crippen LogP contribution in [0.1, 0.15) is 113 Å². The quantitative estimate of drug-likeness (QED) is 0.0642. The molecular weight excluding hydrogens is 606 g/mol. The van der Waals surface area contributed by atoms with Gasteiger partial charge in [-0.3, -0.25) is 4.79 Å². The lowest BCUT2D eigenvalue weighted by Crippen LogP contribution is -2.65. The van der Waals surface area contributed by atoms with Gasteiger partial charge in [0.1, 0.15) is 6.10 Å². The highest BCUT2D eigenvalue weighted by atomic mass is 16.6. The molecule has 0 aliphatic heterocycles. The number of hydrogen-bond acceptors (Lipinski definition) is 8. The van der Waals surface area contributed by atoms with Gasteiger partial charge in [-0.1, -0.05) is 39.3 Å². The Morgan fingerprint density at radius 3 is 2.40 bits per heavy atom. The van der Waals surface area contributed by atoms with Gasteiger partial charge in [-0.15, -0.1) is 0 Å². The first-order valence-corrected chi connectivity index (χ1v) is 18.5. The van der Waals surface area contributed by atoms with E-state index in [9.17, 15) is 19.8 Å². The number of nitrogens with zero attached hydrogens (tertiary/aromatic N) is 2. The zero-order valence-electron chi connectivity index (χ0n) is 31.5. The Morgan fingerprint density at radius 2 is 1.77 bits per heavy atom. The van der Waals surface area contributed by atoms with E-state index in [4.69, 9.17) is 9.47 Å². The molecule has 0 radical (unpaired) electrons. The molecule has 0 saturated heterocycles. The van der Waals surface area contributed by atoms with Gasteiger partial charge in [0, 0.05) is 25.6 Å². The third kappa shape index (κ3) is 7.44. The van der Waals surface area contributed by atoms with Crippen molar-refractivity contribution in [3.63, 3.8) is 0 Å². The number of rotatable bonds is 10. The molecule has 0 spiro atoms. The molecule has 0 aromatic rings. The highest BCUT2D eigenvalue weighted by molar-refractivity contribution is 5.98. The Bertz CT molecular complexity index is 1270. The summed E-state index contributed by atoms with van der Waals surface area (Å²) in [4.78, 5) is 33.7. The Kier molecular flexibility index (Phi) is 12.3. The molecule has 48 heavy (non-hydrogen) atoms. The Balaban J connectivity index is 1.80. The number of hydrogen-bond donors (Lipinski definition) is 3. The van der Waals surface area contributed by atoms with E-state index in [1.54, 1.807) is 0 Å². The summed E-state index contributed by atoms with van der Waals surface area (Å²) < 4.78 is 12.2. The highest BCUT2D eigenvalue weighted by Gasteiger charge is 2.70. The molecule has 9 nitrogen and oxygen atoms in total. The molecule has 0 aromatic carbocycles. The standard InChI is InChI=1S/C39H65N3O6/c1-11-40-36(41-20-13-21-42(9)10)48-35(46)27(15-12-14-24(2)3)33-29-22-31(45)34-37(6)18-17-30(44)25(4)28(37)16-19-38(34,7)39(29,8)23-32(33)47-26(5)43/h14,25,28-32,34,44-45H,11-13,15-23H2,1-10H3,(H,40,41)/b33-27-/t25-,28?,29?,30+,31+,32-,34?,37-,38-,39-/m0/s1. The van der Waals surface area contributed by atoms with E-state index in [0.29, 0.717) is 50.3 Å². The lowest BCUT2D eigenvalue weighted by atomic mass is 9.36. The molecule has 0 heterocycles. The molecule has 10 atom stereocenters. The summed E-state index contributed by atoms with van der Waals surface area (Å²) in [6.45, 7) is 18.6. The first-order chi connectivity index (χ1) is 22.5. The second-order valence-corrected chi connectivity index (χ2v) is 16.6. The van der Waals surface area contributed by atoms with Crippen LogP contribution in [0.3, 0.4) is 0 Å². The van der Waals surface area contributed by atoms with Crippen LogP contribution in [0.15, 0.2) is 27.8 Å². The monoisotopic (exact) mass is 671 g/mol. The van der Waals surface area contributed by atoms with E-state index < -0.39 is 18.2 Å². The van der Waals surface area contributed by atoms with Gasteiger partial charge in [0.15, 0.2) is 0 Å². The number of ether oxygens (including phenoxy) is 2. The van der Waals surface area contributed by atoms with Crippen LogP contribution in [-0.2, 0) is 19.1 Å². The van der Waals surface area contributed by atoms with Crippen molar-refractivity contribution in [2.45, 2.75) is 131 Å². The van der Waals surface area contributed by atoms with Crippen LogP contribution < -0.4 is 5.32 Å². The third-order valence-corrected chi connectivity index (χ3v) is 13.1. The Morgan fingerprint density at radius 1 is 1.06 bits per heavy atom. The molecular formula is C39H65N3O6. The first-order valence-electron chi connectivity index (χ1n) is 18.5. The molecule has 3 unspecified atom stereocenters. The van der Waals surface area contributed by atoms with Gasteiger partial charge in [-0.05, 0) is 145 Å². The number of aliphatic hydroxyl groups excluding tert-OH is 2. The normalized spacial score (nSPS) is 38.8. The Labute approximate surface area is 290 Å². The number of nitrogens with one attached hydrogen (secondary N) is 1. The number of aliphatic imine (C=N–C) groups is 1. The second-order valence-electron chi connectivity index (χ2n) is 16.6. The van der Waals surface area contributed by atoms with E-state index in [0.717, 1.165) is 49.8 Å². The maximum Gasteiger partial charge on any atom is 0.341 e. The molecule has 4 rings (SSSR count). The lowest BCUT2D eigenvalue weighted by molar-refractivity contribution is -0.234. The molecule has 0 aromatic heterocycles. The zero-order valence-corrected chi connectivity index (χ0v) is 31.5. The summed E-state index contributed by atoms with van der Waals surface area (Å²) >= 11 is 0. The fourth-order valence-corrected chi connectivity index (χ4v) is 10.8. The van der Waals surface area contributed by atoms with Crippen molar-refractivity contribution in [2.24, 2.45) is 44.9 Å². The van der Waals surface area contributed by atoms with Crippen LogP contribution in [0.5, 0.6) is 0 Å². The van der Waals surface area contributed by atoms with Crippen LogP contribution in [0, 0.1) is 39.9 Å². The number of carbonyl (C=O) groups excluding carboxylic acids is 2. The van der Waals surface area contributed by atoms with Crippen LogP contribution in [0.25, 0.3) is 0 Å². The molecule has 3 N–H and O–H groups in total. The van der Waals surface area contributed by atoms with Gasteiger partial charge in [0.05, 0.1) is 12.2 Å². The van der Waals surface area contributed by atoms with Gasteiger partial charge in [-0.2, -0.15) is 0 Å². The molecule has 4 aliphatic rings. The van der Waals surface area contributed by atoms with Crippen LogP contribution >= 0.6 is 0 Å². The maximum absolute atomic E-state index is 14.3. The third-order valence-electron chi connectivity index (χ3n) is 13.1. The van der Waals surface area contributed by atoms with Crippen molar-refractivity contribution >= 4 is 18.0 Å². The molecule has 4 saturated carbocycles. The van der Waals surface area contributed by atoms with Crippen LogP contribution in [-0.4, -0.2) is 85.1 Å². The first kappa shape index (κ1) is 38.6.